The SMILES string of the molecule is NC(=O)c1cccc(-c2nc(-c3cc4c(cc3F)NC(=O)CC4)cs2)c1. The molecule has 3 N–H and O–H groups in total. The van der Waals surface area contributed by atoms with E-state index in [4.69, 9.17) is 5.73 Å². The first-order valence-electron chi connectivity index (χ1n) is 7.99. The maximum Gasteiger partial charge on any atom is 0.248 e. The van der Waals surface area contributed by atoms with Gasteiger partial charge in [0.25, 0.3) is 0 Å². The van der Waals surface area contributed by atoms with Crippen molar-refractivity contribution in [2.24, 2.45) is 5.73 Å². The van der Waals surface area contributed by atoms with Crippen molar-refractivity contribution in [1.29, 1.82) is 0 Å². The van der Waals surface area contributed by atoms with Crippen molar-refractivity contribution in [2.45, 2.75) is 12.8 Å². The molecule has 0 unspecified atom stereocenters. The van der Waals surface area contributed by atoms with Gasteiger partial charge in [-0.2, -0.15) is 0 Å². The molecule has 0 fully saturated rings. The number of carbonyl (C=O) groups is 2. The number of rotatable bonds is 3. The molecule has 0 aliphatic carbocycles. The molecule has 2 aromatic carbocycles. The Morgan fingerprint density at radius 2 is 2.08 bits per heavy atom. The average molecular weight is 367 g/mol. The van der Waals surface area contributed by atoms with E-state index in [2.05, 4.69) is 10.3 Å². The topological polar surface area (TPSA) is 85.1 Å². The summed E-state index contributed by atoms with van der Waals surface area (Å²) < 4.78 is 14.5. The molecule has 0 atom stereocenters. The van der Waals surface area contributed by atoms with E-state index < -0.39 is 11.7 Å². The van der Waals surface area contributed by atoms with E-state index >= 15 is 0 Å². The minimum Gasteiger partial charge on any atom is -0.366 e. The molecule has 7 heteroatoms. The van der Waals surface area contributed by atoms with Crippen LogP contribution in [0.15, 0.2) is 41.8 Å². The van der Waals surface area contributed by atoms with Crippen LogP contribution in [-0.4, -0.2) is 16.8 Å². The highest BCUT2D eigenvalue weighted by atomic mass is 32.1. The zero-order valence-electron chi connectivity index (χ0n) is 13.6. The summed E-state index contributed by atoms with van der Waals surface area (Å²) in [5, 5.41) is 5.14. The van der Waals surface area contributed by atoms with Crippen LogP contribution in [0.5, 0.6) is 0 Å². The molecule has 1 aliphatic rings. The zero-order valence-corrected chi connectivity index (χ0v) is 14.4. The number of nitrogens with two attached hydrogens (primary N) is 1. The molecular formula is C19H14FN3O2S. The number of thiazole rings is 1. The third kappa shape index (κ3) is 2.97. The van der Waals surface area contributed by atoms with Crippen LogP contribution in [0.4, 0.5) is 10.1 Å². The molecule has 0 radical (unpaired) electrons. The summed E-state index contributed by atoms with van der Waals surface area (Å²) in [4.78, 5) is 27.3. The molecule has 1 aromatic heterocycles. The smallest absolute Gasteiger partial charge is 0.248 e. The number of primary amides is 1. The lowest BCUT2D eigenvalue weighted by Crippen LogP contribution is -2.19. The Morgan fingerprint density at radius 1 is 1.23 bits per heavy atom. The predicted molar refractivity (Wildman–Crippen MR) is 98.4 cm³/mol. The van der Waals surface area contributed by atoms with Gasteiger partial charge in [-0.15, -0.1) is 11.3 Å². The Hall–Kier alpha value is -3.06. The van der Waals surface area contributed by atoms with Crippen LogP contribution in [-0.2, 0) is 11.2 Å². The van der Waals surface area contributed by atoms with Crippen molar-refractivity contribution in [3.05, 3.63) is 58.7 Å². The molecule has 2 amide bonds. The van der Waals surface area contributed by atoms with Crippen molar-refractivity contribution in [2.75, 3.05) is 5.32 Å². The number of carbonyl (C=O) groups excluding carboxylic acids is 2. The number of fused-ring (bicyclic) bond motifs is 1. The van der Waals surface area contributed by atoms with Crippen LogP contribution in [0.1, 0.15) is 22.3 Å². The van der Waals surface area contributed by atoms with Gasteiger partial charge in [0.05, 0.1) is 5.69 Å². The van der Waals surface area contributed by atoms with Crippen LogP contribution < -0.4 is 11.1 Å². The first-order chi connectivity index (χ1) is 12.5. The van der Waals surface area contributed by atoms with Gasteiger partial charge in [-0.1, -0.05) is 12.1 Å². The number of aryl methyl sites for hydroxylation is 1. The van der Waals surface area contributed by atoms with E-state index in [9.17, 15) is 14.0 Å². The second-order valence-corrected chi connectivity index (χ2v) is 6.88. The van der Waals surface area contributed by atoms with E-state index in [1.54, 1.807) is 29.6 Å². The monoisotopic (exact) mass is 367 g/mol. The third-order valence-corrected chi connectivity index (χ3v) is 5.15. The van der Waals surface area contributed by atoms with Crippen molar-refractivity contribution >= 4 is 28.8 Å². The van der Waals surface area contributed by atoms with Crippen LogP contribution in [0, 0.1) is 5.82 Å². The van der Waals surface area contributed by atoms with Crippen molar-refractivity contribution in [3.63, 3.8) is 0 Å². The maximum atomic E-state index is 14.5. The first kappa shape index (κ1) is 16.4. The van der Waals surface area contributed by atoms with E-state index in [0.717, 1.165) is 11.1 Å². The lowest BCUT2D eigenvalue weighted by Gasteiger charge is -2.17. The fourth-order valence-corrected chi connectivity index (χ4v) is 3.75. The number of benzene rings is 2. The molecule has 26 heavy (non-hydrogen) atoms. The lowest BCUT2D eigenvalue weighted by atomic mass is 9.99. The Kier molecular flexibility index (Phi) is 4.00. The molecule has 5 nitrogen and oxygen atoms in total. The molecule has 2 heterocycles. The van der Waals surface area contributed by atoms with Gasteiger partial charge in [0.15, 0.2) is 0 Å². The summed E-state index contributed by atoms with van der Waals surface area (Å²) in [7, 11) is 0. The molecule has 0 bridgehead atoms. The number of nitrogens with zero attached hydrogens (tertiary/aromatic N) is 1. The van der Waals surface area contributed by atoms with E-state index in [1.165, 1.54) is 17.4 Å². The number of amides is 2. The van der Waals surface area contributed by atoms with Crippen molar-refractivity contribution in [1.82, 2.24) is 4.98 Å². The number of aromatic nitrogens is 1. The average Bonchev–Trinajstić information content (AvgIpc) is 3.11. The fourth-order valence-electron chi connectivity index (χ4n) is 2.93. The van der Waals surface area contributed by atoms with Crippen molar-refractivity contribution in [3.8, 4) is 21.8 Å². The minimum absolute atomic E-state index is 0.102. The summed E-state index contributed by atoms with van der Waals surface area (Å²) in [6, 6.07) is 9.95. The second-order valence-electron chi connectivity index (χ2n) is 6.02. The second kappa shape index (κ2) is 6.34. The van der Waals surface area contributed by atoms with Gasteiger partial charge in [0.2, 0.25) is 11.8 Å². The fraction of sp³-hybridized carbons (Fsp3) is 0.105. The van der Waals surface area contributed by atoms with Crippen LogP contribution in [0.25, 0.3) is 21.8 Å². The largest absolute Gasteiger partial charge is 0.366 e. The summed E-state index contributed by atoms with van der Waals surface area (Å²) in [5.74, 6) is -1.05. The standard InChI is InChI=1S/C19H14FN3O2S/c20-14-8-15-10(4-5-17(24)22-15)7-13(14)16-9-26-19(23-16)12-3-1-2-11(6-12)18(21)25/h1-3,6-9H,4-5H2,(H2,21,25)(H,22,24). The van der Waals surface area contributed by atoms with E-state index in [-0.39, 0.29) is 5.91 Å². The van der Waals surface area contributed by atoms with Crippen LogP contribution in [0.2, 0.25) is 0 Å². The number of hydrogen-bond acceptors (Lipinski definition) is 4. The van der Waals surface area contributed by atoms with Gasteiger partial charge in [-0.05, 0) is 36.2 Å². The van der Waals surface area contributed by atoms with Gasteiger partial charge in [-0.3, -0.25) is 9.59 Å². The Bertz CT molecular complexity index is 1050. The number of anilines is 1. The van der Waals surface area contributed by atoms with Gasteiger partial charge >= 0.3 is 0 Å². The van der Waals surface area contributed by atoms with Crippen LogP contribution in [0.3, 0.4) is 0 Å². The lowest BCUT2D eigenvalue weighted by molar-refractivity contribution is -0.116. The van der Waals surface area contributed by atoms with E-state index in [1.807, 2.05) is 6.07 Å². The van der Waals surface area contributed by atoms with Gasteiger partial charge in [0, 0.05) is 34.2 Å². The van der Waals surface area contributed by atoms with Crippen LogP contribution >= 0.6 is 11.3 Å². The Balaban J connectivity index is 1.72. The predicted octanol–water partition coefficient (Wildman–Crippen LogP) is 3.60. The molecule has 3 aromatic rings. The summed E-state index contributed by atoms with van der Waals surface area (Å²) in [6.07, 6.45) is 0.965. The molecule has 0 saturated carbocycles. The number of nitrogens with one attached hydrogen (secondary N) is 1. The molecule has 1 aliphatic heterocycles. The normalized spacial score (nSPS) is 13.2. The number of hydrogen-bond donors (Lipinski definition) is 2. The van der Waals surface area contributed by atoms with Gasteiger partial charge in [-0.25, -0.2) is 9.37 Å². The summed E-state index contributed by atoms with van der Waals surface area (Å²) in [6.45, 7) is 0. The first-order valence-corrected chi connectivity index (χ1v) is 8.87. The highest BCUT2D eigenvalue weighted by Gasteiger charge is 2.19. The van der Waals surface area contributed by atoms with Crippen molar-refractivity contribution < 1.29 is 14.0 Å². The molecular weight excluding hydrogens is 353 g/mol. The Labute approximate surface area is 152 Å². The quantitative estimate of drug-likeness (QED) is 0.742. The zero-order chi connectivity index (χ0) is 18.3. The third-order valence-electron chi connectivity index (χ3n) is 4.26. The van der Waals surface area contributed by atoms with Gasteiger partial charge < -0.3 is 11.1 Å². The highest BCUT2D eigenvalue weighted by molar-refractivity contribution is 7.13. The van der Waals surface area contributed by atoms with E-state index in [0.29, 0.717) is 40.4 Å². The molecule has 0 saturated heterocycles. The highest BCUT2D eigenvalue weighted by Crippen LogP contribution is 2.34. The van der Waals surface area contributed by atoms with Gasteiger partial charge in [0.1, 0.15) is 10.8 Å². The maximum absolute atomic E-state index is 14.5. The Morgan fingerprint density at radius 3 is 2.88 bits per heavy atom. The molecule has 130 valence electrons. The summed E-state index contributed by atoms with van der Waals surface area (Å²) in [5.41, 5.74) is 8.80. The molecule has 4 rings (SSSR count). The molecule has 0 spiro atoms. The number of halogens is 1. The summed E-state index contributed by atoms with van der Waals surface area (Å²) >= 11 is 1.36. The minimum atomic E-state index is -0.508.